The molecule has 4 heterocycles. The Labute approximate surface area is 185 Å². The highest BCUT2D eigenvalue weighted by molar-refractivity contribution is 6.33. The van der Waals surface area contributed by atoms with Gasteiger partial charge < -0.3 is 20.2 Å². The Balaban J connectivity index is 1.51. The van der Waals surface area contributed by atoms with Crippen molar-refractivity contribution in [2.75, 3.05) is 5.32 Å². The minimum absolute atomic E-state index is 0.0990. The molecule has 0 saturated carbocycles. The molecule has 158 valence electrons. The number of imidazole rings is 1. The Kier molecular flexibility index (Phi) is 5.53. The molecule has 0 aliphatic carbocycles. The second-order valence-corrected chi connectivity index (χ2v) is 7.12. The number of nitro groups is 1. The van der Waals surface area contributed by atoms with Gasteiger partial charge in [-0.3, -0.25) is 0 Å². The van der Waals surface area contributed by atoms with E-state index in [9.17, 15) is 10.1 Å². The summed E-state index contributed by atoms with van der Waals surface area (Å²) in [4.78, 5) is 27.2. The van der Waals surface area contributed by atoms with Gasteiger partial charge in [0.2, 0.25) is 5.65 Å². The standard InChI is InChI=1S/C18H14Cl2N8O3/c1-9-16(19)18(24-10(2)23-9)22-7-11-3-4-12(17(20)25-11)31-14-6-5-13-21-8-15(28(29)30)27(13)26-14/h3-6,8H,7H2,1-2H3,(H,22,23,24). The van der Waals surface area contributed by atoms with Gasteiger partial charge in [-0.2, -0.15) is 0 Å². The van der Waals surface area contributed by atoms with E-state index in [0.29, 0.717) is 40.2 Å². The van der Waals surface area contributed by atoms with Crippen molar-refractivity contribution in [2.24, 2.45) is 0 Å². The summed E-state index contributed by atoms with van der Waals surface area (Å²) in [7, 11) is 0. The van der Waals surface area contributed by atoms with Gasteiger partial charge in [-0.15, -0.1) is 0 Å². The second-order valence-electron chi connectivity index (χ2n) is 6.38. The molecule has 0 bridgehead atoms. The fraction of sp³-hybridized carbons (Fsp3) is 0.167. The van der Waals surface area contributed by atoms with Crippen LogP contribution in [0.2, 0.25) is 10.2 Å². The molecular weight excluding hydrogens is 447 g/mol. The number of nitrogens with zero attached hydrogens (tertiary/aromatic N) is 7. The quantitative estimate of drug-likeness (QED) is 0.255. The van der Waals surface area contributed by atoms with Gasteiger partial charge in [0.15, 0.2) is 10.9 Å². The molecule has 11 nitrogen and oxygen atoms in total. The van der Waals surface area contributed by atoms with E-state index in [-0.39, 0.29) is 22.6 Å². The third-order valence-corrected chi connectivity index (χ3v) is 4.88. The molecule has 13 heteroatoms. The second kappa shape index (κ2) is 8.28. The third kappa shape index (κ3) is 4.32. The summed E-state index contributed by atoms with van der Waals surface area (Å²) < 4.78 is 6.72. The molecule has 0 aromatic carbocycles. The molecule has 0 atom stereocenters. The normalized spacial score (nSPS) is 11.0. The summed E-state index contributed by atoms with van der Waals surface area (Å²) in [6.07, 6.45) is 1.12. The van der Waals surface area contributed by atoms with Gasteiger partial charge in [0, 0.05) is 12.1 Å². The summed E-state index contributed by atoms with van der Waals surface area (Å²) in [5, 5.41) is 18.8. The fourth-order valence-electron chi connectivity index (χ4n) is 2.76. The van der Waals surface area contributed by atoms with Gasteiger partial charge in [0.25, 0.3) is 5.88 Å². The summed E-state index contributed by atoms with van der Waals surface area (Å²) in [5.74, 6) is 1.17. The molecule has 0 amide bonds. The molecule has 4 aromatic heterocycles. The van der Waals surface area contributed by atoms with Gasteiger partial charge in [-0.05, 0) is 36.0 Å². The lowest BCUT2D eigenvalue weighted by Crippen LogP contribution is -2.07. The first-order chi connectivity index (χ1) is 14.8. The number of rotatable bonds is 6. The SMILES string of the molecule is Cc1nc(C)c(Cl)c(NCc2ccc(Oc3ccc4ncc([N+](=O)[O-])n4n3)c(Cl)n2)n1. The Hall–Kier alpha value is -3.57. The molecule has 0 spiro atoms. The van der Waals surface area contributed by atoms with Crippen molar-refractivity contribution in [1.82, 2.24) is 29.5 Å². The maximum absolute atomic E-state index is 11.1. The summed E-state index contributed by atoms with van der Waals surface area (Å²) >= 11 is 12.5. The zero-order valence-electron chi connectivity index (χ0n) is 16.2. The van der Waals surface area contributed by atoms with E-state index in [1.54, 1.807) is 32.0 Å². The van der Waals surface area contributed by atoms with E-state index in [1.165, 1.54) is 6.07 Å². The van der Waals surface area contributed by atoms with Crippen LogP contribution in [0.4, 0.5) is 11.6 Å². The Morgan fingerprint density at radius 3 is 2.71 bits per heavy atom. The zero-order valence-corrected chi connectivity index (χ0v) is 17.7. The van der Waals surface area contributed by atoms with E-state index in [0.717, 1.165) is 10.7 Å². The molecule has 0 aliphatic rings. The predicted molar refractivity (Wildman–Crippen MR) is 113 cm³/mol. The molecule has 1 N–H and O–H groups in total. The van der Waals surface area contributed by atoms with E-state index in [1.807, 2.05) is 0 Å². The first-order valence-corrected chi connectivity index (χ1v) is 9.64. The van der Waals surface area contributed by atoms with Gasteiger partial charge in [-0.25, -0.2) is 19.9 Å². The molecule has 0 aliphatic heterocycles. The number of hydrogen-bond donors (Lipinski definition) is 1. The smallest absolute Gasteiger partial charge is 0.368 e. The number of nitrogens with one attached hydrogen (secondary N) is 1. The first-order valence-electron chi connectivity index (χ1n) is 8.89. The lowest BCUT2D eigenvalue weighted by Gasteiger charge is -2.11. The molecule has 0 fully saturated rings. The lowest BCUT2D eigenvalue weighted by molar-refractivity contribution is -0.391. The largest absolute Gasteiger partial charge is 0.433 e. The van der Waals surface area contributed by atoms with Crippen LogP contribution in [-0.4, -0.2) is 34.5 Å². The molecule has 4 aromatic rings. The zero-order chi connectivity index (χ0) is 22.1. The molecule has 4 rings (SSSR count). The van der Waals surface area contributed by atoms with E-state index in [2.05, 4.69) is 30.4 Å². The number of aryl methyl sites for hydroxylation is 2. The topological polar surface area (TPSA) is 133 Å². The maximum atomic E-state index is 11.1. The fourth-order valence-corrected chi connectivity index (χ4v) is 3.12. The summed E-state index contributed by atoms with van der Waals surface area (Å²) in [6.45, 7) is 3.90. The van der Waals surface area contributed by atoms with Gasteiger partial charge in [-0.1, -0.05) is 27.7 Å². The minimum atomic E-state index is -0.583. The molecule has 0 unspecified atom stereocenters. The van der Waals surface area contributed by atoms with Crippen LogP contribution in [0.3, 0.4) is 0 Å². The third-order valence-electron chi connectivity index (χ3n) is 4.16. The number of aromatic nitrogens is 6. The van der Waals surface area contributed by atoms with Gasteiger partial charge >= 0.3 is 5.82 Å². The van der Waals surface area contributed by atoms with Crippen LogP contribution in [0.25, 0.3) is 5.65 Å². The van der Waals surface area contributed by atoms with Crippen LogP contribution in [0.15, 0.2) is 30.5 Å². The van der Waals surface area contributed by atoms with Crippen LogP contribution in [-0.2, 0) is 6.54 Å². The minimum Gasteiger partial charge on any atom is -0.433 e. The monoisotopic (exact) mass is 460 g/mol. The average molecular weight is 461 g/mol. The summed E-state index contributed by atoms with van der Waals surface area (Å²) in [5.41, 5.74) is 1.61. The van der Waals surface area contributed by atoms with Crippen molar-refractivity contribution >= 4 is 40.5 Å². The van der Waals surface area contributed by atoms with Crippen molar-refractivity contribution in [3.8, 4) is 11.6 Å². The first kappa shape index (κ1) is 20.7. The highest BCUT2D eigenvalue weighted by Crippen LogP contribution is 2.28. The van der Waals surface area contributed by atoms with Crippen LogP contribution in [0.5, 0.6) is 11.6 Å². The number of pyridine rings is 1. The van der Waals surface area contributed by atoms with E-state index < -0.39 is 4.92 Å². The molecule has 0 radical (unpaired) electrons. The molecule has 0 saturated heterocycles. The van der Waals surface area contributed by atoms with Crippen molar-refractivity contribution in [2.45, 2.75) is 20.4 Å². The number of halogens is 2. The van der Waals surface area contributed by atoms with Crippen LogP contribution in [0.1, 0.15) is 17.2 Å². The van der Waals surface area contributed by atoms with E-state index in [4.69, 9.17) is 27.9 Å². The van der Waals surface area contributed by atoms with Crippen molar-refractivity contribution in [1.29, 1.82) is 0 Å². The number of hydrogen-bond acceptors (Lipinski definition) is 9. The average Bonchev–Trinajstić information content (AvgIpc) is 3.15. The molecular formula is C18H14Cl2N8O3. The Morgan fingerprint density at radius 2 is 1.97 bits per heavy atom. The maximum Gasteiger partial charge on any atom is 0.368 e. The molecule has 31 heavy (non-hydrogen) atoms. The predicted octanol–water partition coefficient (Wildman–Crippen LogP) is 4.15. The van der Waals surface area contributed by atoms with Gasteiger partial charge in [0.05, 0.1) is 17.9 Å². The van der Waals surface area contributed by atoms with Crippen molar-refractivity contribution in [3.05, 3.63) is 68.0 Å². The van der Waals surface area contributed by atoms with Crippen LogP contribution < -0.4 is 10.1 Å². The Morgan fingerprint density at radius 1 is 1.16 bits per heavy atom. The summed E-state index contributed by atoms with van der Waals surface area (Å²) in [6, 6.07) is 6.41. The Bertz CT molecular complexity index is 1310. The van der Waals surface area contributed by atoms with Crippen molar-refractivity contribution < 1.29 is 9.66 Å². The van der Waals surface area contributed by atoms with Gasteiger partial charge in [0.1, 0.15) is 22.9 Å². The van der Waals surface area contributed by atoms with Crippen molar-refractivity contribution in [3.63, 3.8) is 0 Å². The number of ether oxygens (including phenoxy) is 1. The lowest BCUT2D eigenvalue weighted by atomic mass is 10.3. The number of anilines is 1. The van der Waals surface area contributed by atoms with E-state index >= 15 is 0 Å². The highest BCUT2D eigenvalue weighted by atomic mass is 35.5. The number of fused-ring (bicyclic) bond motifs is 1. The van der Waals surface area contributed by atoms with Crippen LogP contribution in [0, 0.1) is 24.0 Å². The highest BCUT2D eigenvalue weighted by Gasteiger charge is 2.17. The van der Waals surface area contributed by atoms with Crippen LogP contribution >= 0.6 is 23.2 Å².